The summed E-state index contributed by atoms with van der Waals surface area (Å²) in [5, 5.41) is 19.4. The van der Waals surface area contributed by atoms with Gasteiger partial charge < -0.3 is 10.2 Å². The predicted octanol–water partition coefficient (Wildman–Crippen LogP) is 2.69. The van der Waals surface area contributed by atoms with Crippen molar-refractivity contribution < 1.29 is 19.8 Å². The molecule has 1 aromatic carbocycles. The van der Waals surface area contributed by atoms with Gasteiger partial charge in [0.25, 0.3) is 0 Å². The van der Waals surface area contributed by atoms with Crippen LogP contribution in [0, 0.1) is 23.2 Å². The Kier molecular flexibility index (Phi) is 3.01. The molecule has 4 atom stereocenters. The zero-order valence-corrected chi connectivity index (χ0v) is 11.5. The van der Waals surface area contributed by atoms with Crippen molar-refractivity contribution in [2.24, 2.45) is 23.2 Å². The number of carbonyl (C=O) groups is 2. The van der Waals surface area contributed by atoms with E-state index in [9.17, 15) is 14.7 Å². The first-order valence-corrected chi connectivity index (χ1v) is 7.04. The molecule has 0 radical (unpaired) electrons. The molecule has 0 heterocycles. The minimum atomic E-state index is -0.929. The van der Waals surface area contributed by atoms with E-state index in [1.165, 1.54) is 0 Å². The zero-order chi connectivity index (χ0) is 14.5. The molecule has 5 heteroatoms. The lowest BCUT2D eigenvalue weighted by molar-refractivity contribution is -0.151. The molecule has 0 aliphatic heterocycles. The van der Waals surface area contributed by atoms with E-state index >= 15 is 0 Å². The molecule has 0 aromatic heterocycles. The molecule has 2 N–H and O–H groups in total. The number of halogens is 1. The summed E-state index contributed by atoms with van der Waals surface area (Å²) in [5.41, 5.74) is -0.0323. The fourth-order valence-electron chi connectivity index (χ4n) is 3.91. The van der Waals surface area contributed by atoms with Crippen LogP contribution < -0.4 is 0 Å². The largest absolute Gasteiger partial charge is 0.481 e. The van der Waals surface area contributed by atoms with Crippen LogP contribution >= 0.6 is 11.6 Å². The van der Waals surface area contributed by atoms with Gasteiger partial charge in [0, 0.05) is 5.02 Å². The van der Waals surface area contributed by atoms with Crippen molar-refractivity contribution in [3.05, 3.63) is 34.9 Å². The van der Waals surface area contributed by atoms with Crippen molar-refractivity contribution in [2.75, 3.05) is 0 Å². The predicted molar refractivity (Wildman–Crippen MR) is 72.6 cm³/mol. The van der Waals surface area contributed by atoms with Gasteiger partial charge in [-0.15, -0.1) is 0 Å². The Morgan fingerprint density at radius 3 is 2.40 bits per heavy atom. The number of carboxylic acids is 2. The maximum Gasteiger partial charge on any atom is 0.310 e. The summed E-state index contributed by atoms with van der Waals surface area (Å²) >= 11 is 5.83. The van der Waals surface area contributed by atoms with Crippen LogP contribution in [0.25, 0.3) is 0 Å². The van der Waals surface area contributed by atoms with E-state index in [1.807, 2.05) is 12.1 Å². The number of hydrogen-bond acceptors (Lipinski definition) is 2. The van der Waals surface area contributed by atoms with Crippen LogP contribution in [0.3, 0.4) is 0 Å². The molecule has 0 amide bonds. The van der Waals surface area contributed by atoms with Gasteiger partial charge in [0.15, 0.2) is 0 Å². The highest BCUT2D eigenvalue weighted by atomic mass is 35.5. The van der Waals surface area contributed by atoms with Gasteiger partial charge in [-0.2, -0.15) is 0 Å². The lowest BCUT2D eigenvalue weighted by Crippen LogP contribution is -2.35. The Balaban J connectivity index is 1.88. The first-order valence-electron chi connectivity index (χ1n) is 6.66. The van der Waals surface area contributed by atoms with Crippen LogP contribution in [0.2, 0.25) is 5.02 Å². The maximum atomic E-state index is 11.8. The standard InChI is InChI=1S/C15H15ClO4/c16-9-3-1-8(2-4-9)7-15(14(19)20)6-5-10-11(12(10)15)13(17)18/h1-4,10-12H,5-7H2,(H,17,18)(H,19,20). The van der Waals surface area contributed by atoms with Gasteiger partial charge in [-0.25, -0.2) is 0 Å². The number of carboxylic acid groups (broad SMARTS) is 2. The van der Waals surface area contributed by atoms with E-state index in [2.05, 4.69) is 0 Å². The van der Waals surface area contributed by atoms with Crippen molar-refractivity contribution in [3.63, 3.8) is 0 Å². The lowest BCUT2D eigenvalue weighted by atomic mass is 9.75. The third-order valence-electron chi connectivity index (χ3n) is 4.87. The lowest BCUT2D eigenvalue weighted by Gasteiger charge is -2.27. The molecule has 4 nitrogen and oxygen atoms in total. The summed E-state index contributed by atoms with van der Waals surface area (Å²) in [6, 6.07) is 7.11. The Labute approximate surface area is 121 Å². The van der Waals surface area contributed by atoms with Gasteiger partial charge in [-0.05, 0) is 48.8 Å². The topological polar surface area (TPSA) is 74.6 Å². The average molecular weight is 295 g/mol. The van der Waals surface area contributed by atoms with Crippen molar-refractivity contribution in [1.29, 1.82) is 0 Å². The van der Waals surface area contributed by atoms with Crippen molar-refractivity contribution >= 4 is 23.5 Å². The summed E-state index contributed by atoms with van der Waals surface area (Å²) in [4.78, 5) is 23.0. The first-order chi connectivity index (χ1) is 9.45. The Morgan fingerprint density at radius 1 is 1.25 bits per heavy atom. The quantitative estimate of drug-likeness (QED) is 0.895. The van der Waals surface area contributed by atoms with Crippen LogP contribution in [0.15, 0.2) is 24.3 Å². The number of aliphatic carboxylic acids is 2. The molecule has 2 saturated carbocycles. The second-order valence-corrected chi connectivity index (χ2v) is 6.29. The van der Waals surface area contributed by atoms with E-state index in [-0.39, 0.29) is 11.8 Å². The second-order valence-electron chi connectivity index (χ2n) is 5.86. The Morgan fingerprint density at radius 2 is 1.90 bits per heavy atom. The molecular weight excluding hydrogens is 280 g/mol. The van der Waals surface area contributed by atoms with Crippen molar-refractivity contribution in [1.82, 2.24) is 0 Å². The van der Waals surface area contributed by atoms with Gasteiger partial charge in [0.05, 0.1) is 11.3 Å². The van der Waals surface area contributed by atoms with Crippen molar-refractivity contribution in [2.45, 2.75) is 19.3 Å². The number of fused-ring (bicyclic) bond motifs is 1. The van der Waals surface area contributed by atoms with E-state index < -0.39 is 23.3 Å². The van der Waals surface area contributed by atoms with E-state index in [0.29, 0.717) is 24.3 Å². The van der Waals surface area contributed by atoms with Crippen molar-refractivity contribution in [3.8, 4) is 0 Å². The normalized spacial score (nSPS) is 34.5. The van der Waals surface area contributed by atoms with Crippen LogP contribution in [-0.2, 0) is 16.0 Å². The molecule has 106 valence electrons. The molecular formula is C15H15ClO4. The number of benzene rings is 1. The first kappa shape index (κ1) is 13.4. The molecule has 0 saturated heterocycles. The zero-order valence-electron chi connectivity index (χ0n) is 10.8. The minimum absolute atomic E-state index is 0.0379. The summed E-state index contributed by atoms with van der Waals surface area (Å²) in [7, 11) is 0. The molecule has 3 rings (SSSR count). The van der Waals surface area contributed by atoms with Gasteiger partial charge in [-0.3, -0.25) is 9.59 Å². The van der Waals surface area contributed by atoms with Crippen LogP contribution in [0.5, 0.6) is 0 Å². The fourth-order valence-corrected chi connectivity index (χ4v) is 4.04. The second kappa shape index (κ2) is 4.48. The molecule has 0 spiro atoms. The molecule has 2 aliphatic rings. The van der Waals surface area contributed by atoms with Gasteiger partial charge >= 0.3 is 11.9 Å². The average Bonchev–Trinajstić information content (AvgIpc) is 3.02. The van der Waals surface area contributed by atoms with E-state index in [0.717, 1.165) is 5.56 Å². The Bertz CT molecular complexity index is 568. The number of rotatable bonds is 4. The summed E-state index contributed by atoms with van der Waals surface area (Å²) < 4.78 is 0. The Hall–Kier alpha value is -1.55. The number of hydrogen-bond donors (Lipinski definition) is 2. The molecule has 20 heavy (non-hydrogen) atoms. The SMILES string of the molecule is O=C(O)C1C2CCC(Cc3ccc(Cl)cc3)(C(=O)O)C21. The van der Waals surface area contributed by atoms with Crippen LogP contribution in [0.4, 0.5) is 0 Å². The molecule has 0 bridgehead atoms. The molecule has 1 aromatic rings. The highest BCUT2D eigenvalue weighted by Crippen LogP contribution is 2.67. The monoisotopic (exact) mass is 294 g/mol. The van der Waals surface area contributed by atoms with Gasteiger partial charge in [0.2, 0.25) is 0 Å². The molecule has 4 unspecified atom stereocenters. The van der Waals surface area contributed by atoms with Gasteiger partial charge in [-0.1, -0.05) is 23.7 Å². The molecule has 2 fully saturated rings. The van der Waals surface area contributed by atoms with E-state index in [1.54, 1.807) is 12.1 Å². The van der Waals surface area contributed by atoms with Crippen LogP contribution in [0.1, 0.15) is 18.4 Å². The molecule has 2 aliphatic carbocycles. The smallest absolute Gasteiger partial charge is 0.310 e. The fraction of sp³-hybridized carbons (Fsp3) is 0.467. The highest BCUT2D eigenvalue weighted by molar-refractivity contribution is 6.30. The minimum Gasteiger partial charge on any atom is -0.481 e. The summed E-state index contributed by atoms with van der Waals surface area (Å²) in [6.45, 7) is 0. The third kappa shape index (κ3) is 1.90. The maximum absolute atomic E-state index is 11.8. The van der Waals surface area contributed by atoms with Gasteiger partial charge in [0.1, 0.15) is 0 Å². The highest BCUT2D eigenvalue weighted by Gasteiger charge is 2.70. The van der Waals surface area contributed by atoms with E-state index in [4.69, 9.17) is 16.7 Å². The third-order valence-corrected chi connectivity index (χ3v) is 5.13. The summed E-state index contributed by atoms with van der Waals surface area (Å²) in [5.74, 6) is -2.40. The summed E-state index contributed by atoms with van der Waals surface area (Å²) in [6.07, 6.45) is 1.63. The van der Waals surface area contributed by atoms with Crippen LogP contribution in [-0.4, -0.2) is 22.2 Å².